The van der Waals surface area contributed by atoms with Crippen molar-refractivity contribution in [2.75, 3.05) is 23.3 Å². The van der Waals surface area contributed by atoms with Gasteiger partial charge >= 0.3 is 6.03 Å². The summed E-state index contributed by atoms with van der Waals surface area (Å²) in [6.45, 7) is 1.47. The van der Waals surface area contributed by atoms with Crippen LogP contribution in [0.15, 0.2) is 18.3 Å². The summed E-state index contributed by atoms with van der Waals surface area (Å²) in [7, 11) is 0. The molecule has 2 aliphatic carbocycles. The molecule has 1 aliphatic heterocycles. The van der Waals surface area contributed by atoms with Crippen molar-refractivity contribution in [1.82, 2.24) is 9.88 Å². The van der Waals surface area contributed by atoms with Gasteiger partial charge in [-0.25, -0.2) is 9.78 Å². The highest BCUT2D eigenvalue weighted by Crippen LogP contribution is 2.29. The summed E-state index contributed by atoms with van der Waals surface area (Å²) >= 11 is 0. The molecule has 1 saturated heterocycles. The molecule has 3 amide bonds. The quantitative estimate of drug-likeness (QED) is 0.924. The fourth-order valence-corrected chi connectivity index (χ4v) is 3.86. The van der Waals surface area contributed by atoms with Crippen LogP contribution in [-0.4, -0.2) is 41.0 Å². The second-order valence-electron chi connectivity index (χ2n) is 7.09. The first-order valence-corrected chi connectivity index (χ1v) is 9.07. The zero-order valence-corrected chi connectivity index (χ0v) is 13.9. The summed E-state index contributed by atoms with van der Waals surface area (Å²) in [5, 5.41) is 2.91. The number of aromatic nitrogens is 1. The SMILES string of the molecule is O=C(Nc1ccc(N2CCN(C3CCCC3)C2=O)nc1)C1CCC1. The largest absolute Gasteiger partial charge is 0.326 e. The third-order valence-corrected chi connectivity index (χ3v) is 5.57. The molecular formula is C18H24N4O2. The Bertz CT molecular complexity index is 620. The van der Waals surface area contributed by atoms with Crippen LogP contribution >= 0.6 is 0 Å². The summed E-state index contributed by atoms with van der Waals surface area (Å²) in [5.41, 5.74) is 0.704. The van der Waals surface area contributed by atoms with Gasteiger partial charge in [-0.3, -0.25) is 9.69 Å². The van der Waals surface area contributed by atoms with Crippen molar-refractivity contribution in [1.29, 1.82) is 0 Å². The monoisotopic (exact) mass is 328 g/mol. The van der Waals surface area contributed by atoms with E-state index < -0.39 is 0 Å². The van der Waals surface area contributed by atoms with Crippen LogP contribution in [-0.2, 0) is 4.79 Å². The Morgan fingerprint density at radius 2 is 1.88 bits per heavy atom. The second kappa shape index (κ2) is 6.42. The standard InChI is InChI=1S/C18H24N4O2/c23-17(13-4-3-5-13)20-14-8-9-16(19-12-14)22-11-10-21(18(22)24)15-6-1-2-7-15/h8-9,12-13,15H,1-7,10-11H2,(H,20,23). The van der Waals surface area contributed by atoms with E-state index in [1.807, 2.05) is 17.0 Å². The zero-order valence-electron chi connectivity index (χ0n) is 13.9. The fraction of sp³-hybridized carbons (Fsp3) is 0.611. The fourth-order valence-electron chi connectivity index (χ4n) is 3.86. The van der Waals surface area contributed by atoms with Crippen LogP contribution in [0.4, 0.5) is 16.3 Å². The molecule has 3 aliphatic rings. The van der Waals surface area contributed by atoms with Crippen molar-refractivity contribution >= 4 is 23.4 Å². The first-order valence-electron chi connectivity index (χ1n) is 9.07. The summed E-state index contributed by atoms with van der Waals surface area (Å²) < 4.78 is 0. The van der Waals surface area contributed by atoms with Gasteiger partial charge in [0.05, 0.1) is 11.9 Å². The molecule has 0 atom stereocenters. The van der Waals surface area contributed by atoms with Gasteiger partial charge in [-0.2, -0.15) is 0 Å². The molecule has 6 nitrogen and oxygen atoms in total. The first kappa shape index (κ1) is 15.4. The van der Waals surface area contributed by atoms with Gasteiger partial charge in [0.25, 0.3) is 0 Å². The number of carbonyl (C=O) groups excluding carboxylic acids is 2. The Morgan fingerprint density at radius 3 is 2.50 bits per heavy atom. The third-order valence-electron chi connectivity index (χ3n) is 5.57. The summed E-state index contributed by atoms with van der Waals surface area (Å²) in [5.74, 6) is 0.910. The van der Waals surface area contributed by atoms with Crippen LogP contribution in [0.1, 0.15) is 44.9 Å². The normalized spacial score (nSPS) is 22.1. The number of urea groups is 1. The van der Waals surface area contributed by atoms with Gasteiger partial charge < -0.3 is 10.2 Å². The Labute approximate surface area is 142 Å². The molecule has 0 radical (unpaired) electrons. The molecule has 24 heavy (non-hydrogen) atoms. The summed E-state index contributed by atoms with van der Waals surface area (Å²) in [6.07, 6.45) is 9.46. The average Bonchev–Trinajstić information content (AvgIpc) is 3.15. The Hall–Kier alpha value is -2.11. The van der Waals surface area contributed by atoms with Crippen LogP contribution in [0.3, 0.4) is 0 Å². The molecule has 6 heteroatoms. The number of nitrogens with one attached hydrogen (secondary N) is 1. The minimum absolute atomic E-state index is 0.0700. The van der Waals surface area contributed by atoms with Gasteiger partial charge in [-0.1, -0.05) is 19.3 Å². The Kier molecular flexibility index (Phi) is 4.12. The smallest absolute Gasteiger partial charge is 0.324 e. The van der Waals surface area contributed by atoms with Crippen molar-refractivity contribution in [2.45, 2.75) is 51.0 Å². The molecule has 1 aromatic heterocycles. The van der Waals surface area contributed by atoms with Gasteiger partial charge in [0.1, 0.15) is 5.82 Å². The van der Waals surface area contributed by atoms with E-state index in [-0.39, 0.29) is 17.9 Å². The number of hydrogen-bond acceptors (Lipinski definition) is 3. The van der Waals surface area contributed by atoms with Crippen molar-refractivity contribution in [3.63, 3.8) is 0 Å². The maximum Gasteiger partial charge on any atom is 0.326 e. The van der Waals surface area contributed by atoms with Crippen molar-refractivity contribution < 1.29 is 9.59 Å². The number of hydrogen-bond donors (Lipinski definition) is 1. The predicted octanol–water partition coefficient (Wildman–Crippen LogP) is 3.00. The highest BCUT2D eigenvalue weighted by molar-refractivity contribution is 5.95. The van der Waals surface area contributed by atoms with E-state index in [1.54, 1.807) is 11.1 Å². The molecule has 128 valence electrons. The minimum atomic E-state index is 0.0700. The second-order valence-corrected chi connectivity index (χ2v) is 7.09. The minimum Gasteiger partial charge on any atom is -0.324 e. The van der Waals surface area contributed by atoms with Crippen LogP contribution in [0.5, 0.6) is 0 Å². The average molecular weight is 328 g/mol. The van der Waals surface area contributed by atoms with E-state index in [0.29, 0.717) is 24.1 Å². The first-order chi connectivity index (χ1) is 11.7. The Morgan fingerprint density at radius 1 is 1.08 bits per heavy atom. The Balaban J connectivity index is 1.39. The molecule has 0 bridgehead atoms. The molecule has 2 saturated carbocycles. The molecule has 1 aromatic rings. The van der Waals surface area contributed by atoms with E-state index in [4.69, 9.17) is 0 Å². The highest BCUT2D eigenvalue weighted by atomic mass is 16.2. The van der Waals surface area contributed by atoms with Crippen LogP contribution in [0, 0.1) is 5.92 Å². The van der Waals surface area contributed by atoms with Gasteiger partial charge in [0, 0.05) is 25.0 Å². The lowest BCUT2D eigenvalue weighted by Gasteiger charge is -2.24. The van der Waals surface area contributed by atoms with Crippen LogP contribution < -0.4 is 10.2 Å². The number of anilines is 2. The number of pyridine rings is 1. The lowest BCUT2D eigenvalue weighted by atomic mass is 9.85. The summed E-state index contributed by atoms with van der Waals surface area (Å²) in [6, 6.07) is 4.14. The maximum absolute atomic E-state index is 12.6. The lowest BCUT2D eigenvalue weighted by Crippen LogP contribution is -2.38. The third kappa shape index (κ3) is 2.85. The predicted molar refractivity (Wildman–Crippen MR) is 91.9 cm³/mol. The van der Waals surface area contributed by atoms with E-state index in [0.717, 1.165) is 38.6 Å². The van der Waals surface area contributed by atoms with E-state index in [1.165, 1.54) is 12.8 Å². The molecule has 1 N–H and O–H groups in total. The molecule has 2 heterocycles. The van der Waals surface area contributed by atoms with Gasteiger partial charge in [0.2, 0.25) is 5.91 Å². The molecule has 0 unspecified atom stereocenters. The number of nitrogens with zero attached hydrogens (tertiary/aromatic N) is 3. The topological polar surface area (TPSA) is 65.5 Å². The van der Waals surface area contributed by atoms with Gasteiger partial charge in [-0.15, -0.1) is 0 Å². The molecule has 4 rings (SSSR count). The lowest BCUT2D eigenvalue weighted by molar-refractivity contribution is -0.122. The van der Waals surface area contributed by atoms with Crippen molar-refractivity contribution in [2.24, 2.45) is 5.92 Å². The number of amides is 3. The van der Waals surface area contributed by atoms with Crippen LogP contribution in [0.2, 0.25) is 0 Å². The molecular weight excluding hydrogens is 304 g/mol. The van der Waals surface area contributed by atoms with Gasteiger partial charge in [-0.05, 0) is 37.8 Å². The van der Waals surface area contributed by atoms with Crippen molar-refractivity contribution in [3.05, 3.63) is 18.3 Å². The highest BCUT2D eigenvalue weighted by Gasteiger charge is 2.36. The number of carbonyl (C=O) groups is 2. The number of rotatable bonds is 4. The molecule has 0 aromatic carbocycles. The summed E-state index contributed by atoms with van der Waals surface area (Å²) in [4.78, 5) is 32.7. The zero-order chi connectivity index (χ0) is 16.5. The van der Waals surface area contributed by atoms with E-state index in [2.05, 4.69) is 10.3 Å². The maximum atomic E-state index is 12.6. The molecule has 3 fully saturated rings. The van der Waals surface area contributed by atoms with E-state index >= 15 is 0 Å². The van der Waals surface area contributed by atoms with E-state index in [9.17, 15) is 9.59 Å². The van der Waals surface area contributed by atoms with Crippen molar-refractivity contribution in [3.8, 4) is 0 Å². The van der Waals surface area contributed by atoms with Crippen LogP contribution in [0.25, 0.3) is 0 Å². The molecule has 0 spiro atoms. The van der Waals surface area contributed by atoms with Gasteiger partial charge in [0.15, 0.2) is 0 Å².